The van der Waals surface area contributed by atoms with E-state index < -0.39 is 5.97 Å². The summed E-state index contributed by atoms with van der Waals surface area (Å²) >= 11 is 0. The summed E-state index contributed by atoms with van der Waals surface area (Å²) in [6.07, 6.45) is 3.13. The quantitative estimate of drug-likeness (QED) is 0.625. The molecule has 2 nitrogen and oxygen atoms in total. The molecule has 1 fully saturated rings. The fraction of sp³-hybridized carbons (Fsp3) is 0.857. The van der Waals surface area contributed by atoms with Crippen molar-refractivity contribution in [3.8, 4) is 0 Å². The lowest BCUT2D eigenvalue weighted by Gasteiger charge is -1.89. The van der Waals surface area contributed by atoms with Crippen molar-refractivity contribution in [2.24, 2.45) is 11.8 Å². The summed E-state index contributed by atoms with van der Waals surface area (Å²) in [7, 11) is 0. The van der Waals surface area contributed by atoms with E-state index in [2.05, 4.69) is 6.92 Å². The molecule has 0 amide bonds. The molecule has 1 saturated carbocycles. The molecule has 0 radical (unpaired) electrons. The summed E-state index contributed by atoms with van der Waals surface area (Å²) in [4.78, 5) is 10.2. The van der Waals surface area contributed by atoms with Gasteiger partial charge in [-0.1, -0.05) is 13.3 Å². The molecule has 1 aliphatic rings. The molecule has 1 N–H and O–H groups in total. The van der Waals surface area contributed by atoms with Crippen LogP contribution in [0.2, 0.25) is 0 Å². The van der Waals surface area contributed by atoms with Gasteiger partial charge in [-0.25, -0.2) is 0 Å². The molecule has 0 aromatic heterocycles. The minimum absolute atomic E-state index is 0.00458. The van der Waals surface area contributed by atoms with E-state index in [1.807, 2.05) is 0 Å². The van der Waals surface area contributed by atoms with Gasteiger partial charge in [-0.05, 0) is 18.8 Å². The Morgan fingerprint density at radius 2 is 2.44 bits per heavy atom. The molecule has 0 spiro atoms. The molecule has 1 rings (SSSR count). The summed E-state index contributed by atoms with van der Waals surface area (Å²) in [5, 5.41) is 8.45. The van der Waals surface area contributed by atoms with Crippen molar-refractivity contribution in [3.63, 3.8) is 0 Å². The molecule has 0 heterocycles. The number of hydrogen-bond acceptors (Lipinski definition) is 1. The van der Waals surface area contributed by atoms with Gasteiger partial charge in [0.05, 0.1) is 5.92 Å². The van der Waals surface area contributed by atoms with Gasteiger partial charge in [-0.2, -0.15) is 0 Å². The van der Waals surface area contributed by atoms with Crippen molar-refractivity contribution in [2.75, 3.05) is 0 Å². The molecule has 2 atom stereocenters. The predicted molar refractivity (Wildman–Crippen MR) is 34.1 cm³/mol. The topological polar surface area (TPSA) is 37.3 Å². The monoisotopic (exact) mass is 128 g/mol. The third-order valence-electron chi connectivity index (χ3n) is 1.90. The summed E-state index contributed by atoms with van der Waals surface area (Å²) in [5.74, 6) is -0.0918. The first-order valence-corrected chi connectivity index (χ1v) is 3.48. The van der Waals surface area contributed by atoms with E-state index in [-0.39, 0.29) is 5.92 Å². The number of aliphatic carboxylic acids is 1. The van der Waals surface area contributed by atoms with Gasteiger partial charge in [0.25, 0.3) is 0 Å². The van der Waals surface area contributed by atoms with Crippen molar-refractivity contribution < 1.29 is 9.90 Å². The highest BCUT2D eigenvalue weighted by atomic mass is 16.4. The van der Waals surface area contributed by atoms with Gasteiger partial charge in [0.15, 0.2) is 0 Å². The van der Waals surface area contributed by atoms with E-state index in [9.17, 15) is 4.79 Å². The van der Waals surface area contributed by atoms with Crippen molar-refractivity contribution in [2.45, 2.75) is 26.2 Å². The second kappa shape index (κ2) is 2.38. The smallest absolute Gasteiger partial charge is 0.306 e. The van der Waals surface area contributed by atoms with Gasteiger partial charge in [0, 0.05) is 0 Å². The van der Waals surface area contributed by atoms with Crippen LogP contribution in [0, 0.1) is 11.8 Å². The molecular formula is C7H12O2. The predicted octanol–water partition coefficient (Wildman–Crippen LogP) is 1.51. The van der Waals surface area contributed by atoms with Crippen LogP contribution in [0.5, 0.6) is 0 Å². The van der Waals surface area contributed by atoms with Crippen LogP contribution in [0.3, 0.4) is 0 Å². The molecular weight excluding hydrogens is 116 g/mol. The Hall–Kier alpha value is -0.530. The fourth-order valence-electron chi connectivity index (χ4n) is 1.24. The molecule has 1 aliphatic carbocycles. The van der Waals surface area contributed by atoms with Gasteiger partial charge in [-0.15, -0.1) is 0 Å². The van der Waals surface area contributed by atoms with E-state index in [0.717, 1.165) is 19.3 Å². The average Bonchev–Trinajstić information content (AvgIpc) is 2.47. The third-order valence-corrected chi connectivity index (χ3v) is 1.90. The number of carboxylic acids is 1. The van der Waals surface area contributed by atoms with Crippen LogP contribution in [0.15, 0.2) is 0 Å². The second-order valence-electron chi connectivity index (χ2n) is 2.73. The molecule has 0 unspecified atom stereocenters. The molecule has 0 saturated heterocycles. The molecule has 0 bridgehead atoms. The zero-order chi connectivity index (χ0) is 6.85. The summed E-state index contributed by atoms with van der Waals surface area (Å²) in [6.45, 7) is 2.09. The Balaban J connectivity index is 2.17. The standard InChI is InChI=1S/C7H12O2/c1-2-3-5-4-6(5)7(8)9/h5-6H,2-4H2,1H3,(H,8,9)/t5-,6+/m0/s1. The first kappa shape index (κ1) is 6.59. The van der Waals surface area contributed by atoms with Crippen LogP contribution in [-0.4, -0.2) is 11.1 Å². The van der Waals surface area contributed by atoms with Crippen molar-refractivity contribution >= 4 is 5.97 Å². The first-order valence-electron chi connectivity index (χ1n) is 3.48. The van der Waals surface area contributed by atoms with Gasteiger partial charge >= 0.3 is 5.97 Å². The van der Waals surface area contributed by atoms with E-state index in [1.54, 1.807) is 0 Å². The van der Waals surface area contributed by atoms with Crippen molar-refractivity contribution in [3.05, 3.63) is 0 Å². The molecule has 9 heavy (non-hydrogen) atoms. The highest BCUT2D eigenvalue weighted by Gasteiger charge is 2.41. The molecule has 0 aromatic rings. The van der Waals surface area contributed by atoms with Crippen LogP contribution < -0.4 is 0 Å². The lowest BCUT2D eigenvalue weighted by atomic mass is 10.2. The Kier molecular flexibility index (Phi) is 1.74. The molecule has 0 aliphatic heterocycles. The molecule has 0 aromatic carbocycles. The van der Waals surface area contributed by atoms with Gasteiger partial charge in [0.1, 0.15) is 0 Å². The SMILES string of the molecule is CCC[C@H]1C[C@H]1C(=O)O. The first-order chi connectivity index (χ1) is 4.25. The van der Waals surface area contributed by atoms with E-state index in [4.69, 9.17) is 5.11 Å². The van der Waals surface area contributed by atoms with Crippen LogP contribution in [-0.2, 0) is 4.79 Å². The Morgan fingerprint density at radius 1 is 1.78 bits per heavy atom. The number of carboxylic acid groups (broad SMARTS) is 1. The third kappa shape index (κ3) is 1.44. The fourth-order valence-corrected chi connectivity index (χ4v) is 1.24. The summed E-state index contributed by atoms with van der Waals surface area (Å²) < 4.78 is 0. The minimum atomic E-state index is -0.603. The minimum Gasteiger partial charge on any atom is -0.481 e. The highest BCUT2D eigenvalue weighted by Crippen LogP contribution is 2.41. The summed E-state index contributed by atoms with van der Waals surface area (Å²) in [5.41, 5.74) is 0. The number of hydrogen-bond donors (Lipinski definition) is 1. The lowest BCUT2D eigenvalue weighted by Crippen LogP contribution is -1.98. The van der Waals surface area contributed by atoms with Gasteiger partial charge in [-0.3, -0.25) is 4.79 Å². The Morgan fingerprint density at radius 3 is 2.78 bits per heavy atom. The average molecular weight is 128 g/mol. The van der Waals surface area contributed by atoms with Crippen LogP contribution in [0.1, 0.15) is 26.2 Å². The lowest BCUT2D eigenvalue weighted by molar-refractivity contribution is -0.138. The highest BCUT2D eigenvalue weighted by molar-refractivity contribution is 5.73. The van der Waals surface area contributed by atoms with Gasteiger partial charge < -0.3 is 5.11 Å². The Labute approximate surface area is 54.9 Å². The van der Waals surface area contributed by atoms with E-state index >= 15 is 0 Å². The second-order valence-corrected chi connectivity index (χ2v) is 2.73. The number of rotatable bonds is 3. The maximum atomic E-state index is 10.2. The molecule has 2 heteroatoms. The maximum absolute atomic E-state index is 10.2. The zero-order valence-electron chi connectivity index (χ0n) is 5.63. The molecule has 52 valence electrons. The zero-order valence-corrected chi connectivity index (χ0v) is 5.63. The van der Waals surface area contributed by atoms with E-state index in [1.165, 1.54) is 0 Å². The largest absolute Gasteiger partial charge is 0.481 e. The summed E-state index contributed by atoms with van der Waals surface area (Å²) in [6, 6.07) is 0. The van der Waals surface area contributed by atoms with Gasteiger partial charge in [0.2, 0.25) is 0 Å². The van der Waals surface area contributed by atoms with Crippen molar-refractivity contribution in [1.82, 2.24) is 0 Å². The van der Waals surface area contributed by atoms with Crippen LogP contribution in [0.4, 0.5) is 0 Å². The van der Waals surface area contributed by atoms with E-state index in [0.29, 0.717) is 5.92 Å². The van der Waals surface area contributed by atoms with Crippen molar-refractivity contribution in [1.29, 1.82) is 0 Å². The van der Waals surface area contributed by atoms with Crippen LogP contribution in [0.25, 0.3) is 0 Å². The maximum Gasteiger partial charge on any atom is 0.306 e. The normalized spacial score (nSPS) is 32.1. The Bertz CT molecular complexity index is 120. The van der Waals surface area contributed by atoms with Crippen LogP contribution >= 0.6 is 0 Å². The number of carbonyl (C=O) groups is 1.